The smallest absolute Gasteiger partial charge is 0.191 e. The molecule has 0 amide bonds. The van der Waals surface area contributed by atoms with Crippen molar-refractivity contribution in [1.29, 1.82) is 0 Å². The van der Waals surface area contributed by atoms with Crippen molar-refractivity contribution in [3.8, 4) is 0 Å². The lowest BCUT2D eigenvalue weighted by Gasteiger charge is -2.27. The van der Waals surface area contributed by atoms with E-state index in [4.69, 9.17) is 5.73 Å². The maximum atomic E-state index is 6.05. The Morgan fingerprint density at radius 1 is 1.19 bits per heavy atom. The lowest BCUT2D eigenvalue weighted by Crippen LogP contribution is -2.38. The van der Waals surface area contributed by atoms with Crippen molar-refractivity contribution in [2.45, 2.75) is 53.5 Å². The number of rotatable bonds is 0. The highest BCUT2D eigenvalue weighted by atomic mass is 15.3. The number of nitrogens with two attached hydrogens (primary N) is 1. The first-order chi connectivity index (χ1) is 7.09. The summed E-state index contributed by atoms with van der Waals surface area (Å²) in [4.78, 5) is 6.75. The Balaban J connectivity index is 2.64. The molecule has 3 heteroatoms. The predicted octanol–water partition coefficient (Wildman–Crippen LogP) is 2.47. The van der Waals surface area contributed by atoms with Crippen molar-refractivity contribution >= 4 is 5.96 Å². The van der Waals surface area contributed by atoms with Crippen LogP contribution in [0.1, 0.15) is 48.0 Å². The summed E-state index contributed by atoms with van der Waals surface area (Å²) in [7, 11) is 0. The van der Waals surface area contributed by atoms with E-state index in [1.54, 1.807) is 0 Å². The quantitative estimate of drug-likeness (QED) is 0.508. The summed E-state index contributed by atoms with van der Waals surface area (Å²) in [6, 6.07) is 0. The summed E-state index contributed by atoms with van der Waals surface area (Å²) < 4.78 is 0. The van der Waals surface area contributed by atoms with Gasteiger partial charge in [-0.3, -0.25) is 0 Å². The summed E-state index contributed by atoms with van der Waals surface area (Å²) >= 11 is 0. The molecule has 1 aliphatic rings. The molecule has 1 unspecified atom stereocenters. The molecule has 16 heavy (non-hydrogen) atoms. The topological polar surface area (TPSA) is 41.6 Å². The first kappa shape index (κ1) is 13.3. The molecular formula is C13H27N3. The first-order valence-electron chi connectivity index (χ1n) is 6.20. The molecule has 0 radical (unpaired) electrons. The van der Waals surface area contributed by atoms with Gasteiger partial charge in [0.1, 0.15) is 0 Å². The van der Waals surface area contributed by atoms with Gasteiger partial charge in [-0.1, -0.05) is 20.8 Å². The zero-order chi connectivity index (χ0) is 12.6. The molecule has 2 N–H and O–H groups in total. The second kappa shape index (κ2) is 4.27. The van der Waals surface area contributed by atoms with Gasteiger partial charge in [0.2, 0.25) is 0 Å². The molecule has 1 atom stereocenters. The van der Waals surface area contributed by atoms with E-state index in [0.717, 1.165) is 19.0 Å². The molecular weight excluding hydrogens is 198 g/mol. The van der Waals surface area contributed by atoms with Gasteiger partial charge >= 0.3 is 0 Å². The van der Waals surface area contributed by atoms with Crippen LogP contribution >= 0.6 is 0 Å². The Labute approximate surface area is 100 Å². The zero-order valence-electron chi connectivity index (χ0n) is 11.7. The van der Waals surface area contributed by atoms with E-state index >= 15 is 0 Å². The second-order valence-corrected chi connectivity index (χ2v) is 6.94. The van der Waals surface area contributed by atoms with Gasteiger partial charge in [-0.2, -0.15) is 0 Å². The third-order valence-corrected chi connectivity index (χ3v) is 3.19. The van der Waals surface area contributed by atoms with Gasteiger partial charge < -0.3 is 10.6 Å². The van der Waals surface area contributed by atoms with Crippen molar-refractivity contribution in [3.63, 3.8) is 0 Å². The molecule has 0 aromatic carbocycles. The third kappa shape index (κ3) is 3.69. The Bertz CT molecular complexity index is 268. The van der Waals surface area contributed by atoms with Crippen LogP contribution in [0.15, 0.2) is 4.99 Å². The lowest BCUT2D eigenvalue weighted by atomic mass is 9.80. The molecule has 1 fully saturated rings. The normalized spacial score (nSPS) is 24.0. The minimum Gasteiger partial charge on any atom is -0.370 e. The fourth-order valence-electron chi connectivity index (χ4n) is 2.09. The molecule has 1 heterocycles. The Kier molecular flexibility index (Phi) is 3.56. The molecule has 0 aromatic rings. The van der Waals surface area contributed by atoms with Crippen molar-refractivity contribution in [3.05, 3.63) is 0 Å². The second-order valence-electron chi connectivity index (χ2n) is 6.94. The van der Waals surface area contributed by atoms with Gasteiger partial charge in [0.05, 0.1) is 5.54 Å². The van der Waals surface area contributed by atoms with Gasteiger partial charge in [-0.05, 0) is 38.5 Å². The van der Waals surface area contributed by atoms with E-state index in [0.29, 0.717) is 11.4 Å². The minimum absolute atomic E-state index is 0.0795. The monoisotopic (exact) mass is 225 g/mol. The van der Waals surface area contributed by atoms with Crippen LogP contribution in [0, 0.1) is 11.3 Å². The highest BCUT2D eigenvalue weighted by Crippen LogP contribution is 2.33. The van der Waals surface area contributed by atoms with E-state index in [2.05, 4.69) is 51.4 Å². The van der Waals surface area contributed by atoms with Crippen LogP contribution in [0.2, 0.25) is 0 Å². The molecule has 1 aliphatic heterocycles. The third-order valence-electron chi connectivity index (χ3n) is 3.19. The van der Waals surface area contributed by atoms with Gasteiger partial charge in [0.25, 0.3) is 0 Å². The highest BCUT2D eigenvalue weighted by Gasteiger charge is 2.32. The van der Waals surface area contributed by atoms with Crippen LogP contribution in [0.4, 0.5) is 0 Å². The van der Waals surface area contributed by atoms with Crippen molar-refractivity contribution in [2.24, 2.45) is 22.1 Å². The number of hydrogen-bond donors (Lipinski definition) is 1. The number of hydrogen-bond acceptors (Lipinski definition) is 1. The molecule has 1 rings (SSSR count). The van der Waals surface area contributed by atoms with Crippen LogP contribution in [-0.2, 0) is 0 Å². The SMILES string of the molecule is CC(C)(C)N=C(N)N1CCC(C(C)(C)C)C1. The number of likely N-dealkylation sites (tertiary alicyclic amines) is 1. The molecule has 94 valence electrons. The molecule has 0 aromatic heterocycles. The van der Waals surface area contributed by atoms with Gasteiger partial charge in [-0.15, -0.1) is 0 Å². The van der Waals surface area contributed by atoms with E-state index < -0.39 is 0 Å². The summed E-state index contributed by atoms with van der Waals surface area (Å²) in [6.45, 7) is 15.3. The van der Waals surface area contributed by atoms with Crippen molar-refractivity contribution in [2.75, 3.05) is 13.1 Å². The predicted molar refractivity (Wildman–Crippen MR) is 70.5 cm³/mol. The molecule has 1 saturated heterocycles. The van der Waals surface area contributed by atoms with Crippen LogP contribution in [0.3, 0.4) is 0 Å². The van der Waals surface area contributed by atoms with Crippen LogP contribution in [0.25, 0.3) is 0 Å². The molecule has 3 nitrogen and oxygen atoms in total. The Morgan fingerprint density at radius 3 is 2.12 bits per heavy atom. The number of guanidine groups is 1. The molecule has 0 bridgehead atoms. The zero-order valence-corrected chi connectivity index (χ0v) is 11.7. The van der Waals surface area contributed by atoms with E-state index in [1.165, 1.54) is 6.42 Å². The summed E-state index contributed by atoms with van der Waals surface area (Å²) in [5.74, 6) is 1.43. The summed E-state index contributed by atoms with van der Waals surface area (Å²) in [6.07, 6.45) is 1.23. The fourth-order valence-corrected chi connectivity index (χ4v) is 2.09. The average molecular weight is 225 g/mol. The van der Waals surface area contributed by atoms with Crippen LogP contribution in [-0.4, -0.2) is 29.5 Å². The van der Waals surface area contributed by atoms with Gasteiger partial charge in [0, 0.05) is 13.1 Å². The highest BCUT2D eigenvalue weighted by molar-refractivity contribution is 5.78. The van der Waals surface area contributed by atoms with E-state index in [9.17, 15) is 0 Å². The molecule has 0 saturated carbocycles. The Hall–Kier alpha value is -0.730. The average Bonchev–Trinajstić information content (AvgIpc) is 2.46. The maximum Gasteiger partial charge on any atom is 0.191 e. The number of aliphatic imine (C=N–C) groups is 1. The molecule has 0 aliphatic carbocycles. The maximum absolute atomic E-state index is 6.05. The molecule has 0 spiro atoms. The summed E-state index contributed by atoms with van der Waals surface area (Å²) in [5, 5.41) is 0. The van der Waals surface area contributed by atoms with Crippen molar-refractivity contribution in [1.82, 2.24) is 4.90 Å². The van der Waals surface area contributed by atoms with Gasteiger partial charge in [0.15, 0.2) is 5.96 Å². The number of nitrogens with zero attached hydrogens (tertiary/aromatic N) is 2. The standard InChI is InChI=1S/C13H27N3/c1-12(2,3)10-7-8-16(9-10)11(14)15-13(4,5)6/h10H,7-9H2,1-6H3,(H2,14,15). The van der Waals surface area contributed by atoms with Crippen LogP contribution < -0.4 is 5.73 Å². The van der Waals surface area contributed by atoms with E-state index in [-0.39, 0.29) is 5.54 Å². The van der Waals surface area contributed by atoms with E-state index in [1.807, 2.05) is 0 Å². The lowest BCUT2D eigenvalue weighted by molar-refractivity contribution is 0.250. The first-order valence-corrected chi connectivity index (χ1v) is 6.20. The largest absolute Gasteiger partial charge is 0.370 e. The van der Waals surface area contributed by atoms with Gasteiger partial charge in [-0.25, -0.2) is 4.99 Å². The van der Waals surface area contributed by atoms with Crippen LogP contribution in [0.5, 0.6) is 0 Å². The van der Waals surface area contributed by atoms with Crippen molar-refractivity contribution < 1.29 is 0 Å². The summed E-state index contributed by atoms with van der Waals surface area (Å²) in [5.41, 5.74) is 6.34. The minimum atomic E-state index is -0.0795. The Morgan fingerprint density at radius 2 is 1.75 bits per heavy atom. The fraction of sp³-hybridized carbons (Fsp3) is 0.923.